The van der Waals surface area contributed by atoms with Crippen molar-refractivity contribution in [1.82, 2.24) is 15.5 Å². The molecule has 0 radical (unpaired) electrons. The molecule has 1 atom stereocenters. The number of likely N-dealkylation sites (tertiary alicyclic amines) is 1. The molecule has 0 aromatic heterocycles. The molecule has 1 aliphatic heterocycles. The van der Waals surface area contributed by atoms with Crippen LogP contribution in [0.15, 0.2) is 24.3 Å². The molecule has 1 amide bonds. The first kappa shape index (κ1) is 14.0. The van der Waals surface area contributed by atoms with Gasteiger partial charge in [-0.3, -0.25) is 4.79 Å². The zero-order valence-corrected chi connectivity index (χ0v) is 11.8. The summed E-state index contributed by atoms with van der Waals surface area (Å²) in [6, 6.07) is 8.37. The van der Waals surface area contributed by atoms with E-state index < -0.39 is 0 Å². The summed E-state index contributed by atoms with van der Waals surface area (Å²) in [5.41, 5.74) is 1.93. The van der Waals surface area contributed by atoms with Crippen molar-refractivity contribution in [2.24, 2.45) is 0 Å². The molecule has 1 unspecified atom stereocenters. The predicted molar refractivity (Wildman–Crippen MR) is 77.2 cm³/mol. The van der Waals surface area contributed by atoms with Gasteiger partial charge < -0.3 is 15.5 Å². The fourth-order valence-corrected chi connectivity index (χ4v) is 2.51. The SMILES string of the molecule is CNC(=O)c1ccc(CNC2CCCN(C)C2)cc1. The standard InChI is InChI=1S/C15H23N3O/c1-16-15(19)13-7-5-12(6-8-13)10-17-14-4-3-9-18(2)11-14/h5-8,14,17H,3-4,9-11H2,1-2H3,(H,16,19). The lowest BCUT2D eigenvalue weighted by Crippen LogP contribution is -2.43. The van der Waals surface area contributed by atoms with Gasteiger partial charge in [-0.25, -0.2) is 0 Å². The van der Waals surface area contributed by atoms with Crippen molar-refractivity contribution in [3.63, 3.8) is 0 Å². The number of nitrogens with zero attached hydrogens (tertiary/aromatic N) is 1. The first-order valence-corrected chi connectivity index (χ1v) is 6.92. The highest BCUT2D eigenvalue weighted by Crippen LogP contribution is 2.10. The second kappa shape index (κ2) is 6.68. The van der Waals surface area contributed by atoms with Gasteiger partial charge in [0.15, 0.2) is 0 Å². The molecule has 2 rings (SSSR count). The molecule has 0 aliphatic carbocycles. The third kappa shape index (κ3) is 4.04. The number of piperidine rings is 1. The van der Waals surface area contributed by atoms with Gasteiger partial charge in [-0.1, -0.05) is 12.1 Å². The number of amides is 1. The van der Waals surface area contributed by atoms with Crippen LogP contribution in [0.25, 0.3) is 0 Å². The highest BCUT2D eigenvalue weighted by Gasteiger charge is 2.16. The smallest absolute Gasteiger partial charge is 0.251 e. The second-order valence-corrected chi connectivity index (χ2v) is 5.26. The van der Waals surface area contributed by atoms with Crippen molar-refractivity contribution in [3.8, 4) is 0 Å². The summed E-state index contributed by atoms with van der Waals surface area (Å²) in [4.78, 5) is 13.8. The number of likely N-dealkylation sites (N-methyl/N-ethyl adjacent to an activating group) is 1. The average molecular weight is 261 g/mol. The lowest BCUT2D eigenvalue weighted by atomic mass is 10.1. The quantitative estimate of drug-likeness (QED) is 0.857. The highest BCUT2D eigenvalue weighted by molar-refractivity contribution is 5.93. The maximum Gasteiger partial charge on any atom is 0.251 e. The fraction of sp³-hybridized carbons (Fsp3) is 0.533. The molecular formula is C15H23N3O. The third-order valence-electron chi connectivity index (χ3n) is 3.66. The molecule has 0 saturated carbocycles. The van der Waals surface area contributed by atoms with Crippen LogP contribution in [0.3, 0.4) is 0 Å². The first-order chi connectivity index (χ1) is 9.19. The van der Waals surface area contributed by atoms with Crippen LogP contribution in [0.4, 0.5) is 0 Å². The number of carbonyl (C=O) groups excluding carboxylic acids is 1. The zero-order chi connectivity index (χ0) is 13.7. The maximum atomic E-state index is 11.4. The Morgan fingerprint density at radius 3 is 2.74 bits per heavy atom. The Kier molecular flexibility index (Phi) is 4.93. The summed E-state index contributed by atoms with van der Waals surface area (Å²) in [6.45, 7) is 3.20. The molecule has 1 aromatic carbocycles. The fourth-order valence-electron chi connectivity index (χ4n) is 2.51. The van der Waals surface area contributed by atoms with Crippen LogP contribution in [0.2, 0.25) is 0 Å². The van der Waals surface area contributed by atoms with E-state index in [1.54, 1.807) is 7.05 Å². The summed E-state index contributed by atoms with van der Waals surface area (Å²) in [6.07, 6.45) is 2.52. The van der Waals surface area contributed by atoms with Crippen molar-refractivity contribution >= 4 is 5.91 Å². The zero-order valence-electron chi connectivity index (χ0n) is 11.8. The molecule has 1 heterocycles. The minimum absolute atomic E-state index is 0.0339. The monoisotopic (exact) mass is 261 g/mol. The van der Waals surface area contributed by atoms with E-state index in [-0.39, 0.29) is 5.91 Å². The lowest BCUT2D eigenvalue weighted by molar-refractivity contribution is 0.0963. The van der Waals surface area contributed by atoms with E-state index in [4.69, 9.17) is 0 Å². The van der Waals surface area contributed by atoms with E-state index in [1.807, 2.05) is 24.3 Å². The van der Waals surface area contributed by atoms with E-state index in [0.717, 1.165) is 13.1 Å². The number of carbonyl (C=O) groups is 1. The van der Waals surface area contributed by atoms with Crippen LogP contribution < -0.4 is 10.6 Å². The first-order valence-electron chi connectivity index (χ1n) is 6.92. The topological polar surface area (TPSA) is 44.4 Å². The maximum absolute atomic E-state index is 11.4. The van der Waals surface area contributed by atoms with Crippen molar-refractivity contribution in [1.29, 1.82) is 0 Å². The van der Waals surface area contributed by atoms with E-state index in [0.29, 0.717) is 11.6 Å². The number of rotatable bonds is 4. The van der Waals surface area contributed by atoms with Gasteiger partial charge in [0.25, 0.3) is 5.91 Å². The average Bonchev–Trinajstić information content (AvgIpc) is 2.45. The summed E-state index contributed by atoms with van der Waals surface area (Å²) < 4.78 is 0. The summed E-state index contributed by atoms with van der Waals surface area (Å²) in [5.74, 6) is -0.0339. The lowest BCUT2D eigenvalue weighted by Gasteiger charge is -2.30. The molecule has 19 heavy (non-hydrogen) atoms. The molecule has 1 saturated heterocycles. The Morgan fingerprint density at radius 2 is 2.11 bits per heavy atom. The van der Waals surface area contributed by atoms with Gasteiger partial charge in [-0.2, -0.15) is 0 Å². The van der Waals surface area contributed by atoms with Gasteiger partial charge in [-0.15, -0.1) is 0 Å². The largest absolute Gasteiger partial charge is 0.355 e. The number of nitrogens with one attached hydrogen (secondary N) is 2. The molecule has 1 aliphatic rings. The van der Waals surface area contributed by atoms with E-state index in [9.17, 15) is 4.79 Å². The molecule has 1 aromatic rings. The predicted octanol–water partition coefficient (Wildman–Crippen LogP) is 1.23. The van der Waals surface area contributed by atoms with Gasteiger partial charge in [0, 0.05) is 31.7 Å². The van der Waals surface area contributed by atoms with Crippen LogP contribution in [-0.4, -0.2) is 44.0 Å². The molecule has 4 nitrogen and oxygen atoms in total. The van der Waals surface area contributed by atoms with Crippen LogP contribution >= 0.6 is 0 Å². The Bertz CT molecular complexity index is 416. The molecule has 0 spiro atoms. The van der Waals surface area contributed by atoms with Crippen LogP contribution in [0.1, 0.15) is 28.8 Å². The summed E-state index contributed by atoms with van der Waals surface area (Å²) in [7, 11) is 3.82. The Hall–Kier alpha value is -1.39. The number of benzene rings is 1. The van der Waals surface area contributed by atoms with Crippen LogP contribution in [0, 0.1) is 0 Å². The normalized spacial score (nSPS) is 20.2. The summed E-state index contributed by atoms with van der Waals surface area (Å²) >= 11 is 0. The van der Waals surface area contributed by atoms with Gasteiger partial charge in [-0.05, 0) is 44.1 Å². The Morgan fingerprint density at radius 1 is 1.37 bits per heavy atom. The molecule has 1 fully saturated rings. The Balaban J connectivity index is 1.84. The molecule has 104 valence electrons. The number of hydrogen-bond donors (Lipinski definition) is 2. The van der Waals surface area contributed by atoms with Crippen molar-refractivity contribution in [2.75, 3.05) is 27.2 Å². The van der Waals surface area contributed by atoms with Gasteiger partial charge >= 0.3 is 0 Å². The minimum atomic E-state index is -0.0339. The minimum Gasteiger partial charge on any atom is -0.355 e. The van der Waals surface area contributed by atoms with Gasteiger partial charge in [0.05, 0.1) is 0 Å². The van der Waals surface area contributed by atoms with E-state index in [2.05, 4.69) is 22.6 Å². The van der Waals surface area contributed by atoms with Crippen LogP contribution in [-0.2, 0) is 6.54 Å². The van der Waals surface area contributed by atoms with Crippen molar-refractivity contribution in [2.45, 2.75) is 25.4 Å². The van der Waals surface area contributed by atoms with Crippen LogP contribution in [0.5, 0.6) is 0 Å². The van der Waals surface area contributed by atoms with Crippen molar-refractivity contribution < 1.29 is 4.79 Å². The highest BCUT2D eigenvalue weighted by atomic mass is 16.1. The molecule has 4 heteroatoms. The molecular weight excluding hydrogens is 238 g/mol. The van der Waals surface area contributed by atoms with Crippen molar-refractivity contribution in [3.05, 3.63) is 35.4 Å². The second-order valence-electron chi connectivity index (χ2n) is 5.26. The molecule has 2 N–H and O–H groups in total. The van der Waals surface area contributed by atoms with Gasteiger partial charge in [0.1, 0.15) is 0 Å². The Labute approximate surface area is 115 Å². The van der Waals surface area contributed by atoms with E-state index >= 15 is 0 Å². The third-order valence-corrected chi connectivity index (χ3v) is 3.66. The van der Waals surface area contributed by atoms with Gasteiger partial charge in [0.2, 0.25) is 0 Å². The molecule has 0 bridgehead atoms. The number of hydrogen-bond acceptors (Lipinski definition) is 3. The van der Waals surface area contributed by atoms with E-state index in [1.165, 1.54) is 24.9 Å². The summed E-state index contributed by atoms with van der Waals surface area (Å²) in [5, 5.41) is 6.22.